The number of Topliss-reactive ketones (excluding diaryl/α,β-unsaturated/α-hetero) is 1. The van der Waals surface area contributed by atoms with Gasteiger partial charge in [-0.1, -0.05) is 39.0 Å². The molecule has 0 amide bonds. The number of carbonyl (C=O) groups is 3. The smallest absolute Gasteiger partial charge is 0.338 e. The van der Waals surface area contributed by atoms with Crippen molar-refractivity contribution >= 4 is 17.7 Å². The fourth-order valence-corrected chi connectivity index (χ4v) is 9.50. The van der Waals surface area contributed by atoms with Gasteiger partial charge in [0.2, 0.25) is 0 Å². The summed E-state index contributed by atoms with van der Waals surface area (Å²) >= 11 is 0. The van der Waals surface area contributed by atoms with Gasteiger partial charge in [-0.3, -0.25) is 9.59 Å². The number of benzene rings is 1. The van der Waals surface area contributed by atoms with Gasteiger partial charge in [-0.05, 0) is 97.5 Å². The molecular formula is C31H42O5. The van der Waals surface area contributed by atoms with Gasteiger partial charge >= 0.3 is 11.9 Å². The van der Waals surface area contributed by atoms with E-state index in [0.717, 1.165) is 25.7 Å². The lowest BCUT2D eigenvalue weighted by molar-refractivity contribution is -0.167. The van der Waals surface area contributed by atoms with Crippen molar-refractivity contribution in [1.82, 2.24) is 0 Å². The number of ether oxygens (including phenoxy) is 1. The van der Waals surface area contributed by atoms with Gasteiger partial charge < -0.3 is 9.84 Å². The molecule has 196 valence electrons. The molecule has 5 nitrogen and oxygen atoms in total. The van der Waals surface area contributed by atoms with Gasteiger partial charge in [0.25, 0.3) is 0 Å². The Morgan fingerprint density at radius 2 is 1.75 bits per heavy atom. The molecule has 0 aliphatic heterocycles. The molecule has 5 rings (SSSR count). The molecule has 9 atom stereocenters. The molecular weight excluding hydrogens is 452 g/mol. The molecule has 4 fully saturated rings. The summed E-state index contributed by atoms with van der Waals surface area (Å²) in [6.45, 7) is 7.10. The van der Waals surface area contributed by atoms with E-state index in [1.807, 2.05) is 18.2 Å². The minimum atomic E-state index is -0.702. The Morgan fingerprint density at radius 3 is 2.47 bits per heavy atom. The molecule has 0 spiro atoms. The number of fused-ring (bicyclic) bond motifs is 5. The number of esters is 1. The van der Waals surface area contributed by atoms with Crippen molar-refractivity contribution in [1.29, 1.82) is 0 Å². The van der Waals surface area contributed by atoms with Crippen LogP contribution in [0.1, 0.15) is 95.3 Å². The number of rotatable bonds is 6. The van der Waals surface area contributed by atoms with Crippen molar-refractivity contribution in [3.05, 3.63) is 35.9 Å². The van der Waals surface area contributed by atoms with Crippen molar-refractivity contribution in [3.8, 4) is 0 Å². The zero-order chi connectivity index (χ0) is 25.7. The predicted octanol–water partition coefficient (Wildman–Crippen LogP) is 6.55. The van der Waals surface area contributed by atoms with Crippen LogP contribution in [0.15, 0.2) is 30.3 Å². The highest BCUT2D eigenvalue weighted by atomic mass is 16.5. The molecule has 4 aliphatic rings. The molecule has 0 saturated heterocycles. The van der Waals surface area contributed by atoms with Crippen molar-refractivity contribution in [2.45, 2.75) is 91.1 Å². The van der Waals surface area contributed by atoms with E-state index in [-0.39, 0.29) is 35.2 Å². The van der Waals surface area contributed by atoms with E-state index in [4.69, 9.17) is 4.74 Å². The summed E-state index contributed by atoms with van der Waals surface area (Å²) in [4.78, 5) is 37.0. The van der Waals surface area contributed by atoms with Crippen molar-refractivity contribution in [2.24, 2.45) is 46.3 Å². The lowest BCUT2D eigenvalue weighted by Gasteiger charge is -2.62. The first-order valence-corrected chi connectivity index (χ1v) is 14.1. The second kappa shape index (κ2) is 9.61. The van der Waals surface area contributed by atoms with Gasteiger partial charge in [-0.2, -0.15) is 0 Å². The lowest BCUT2D eigenvalue weighted by atomic mass is 9.44. The minimum absolute atomic E-state index is 0.0206. The summed E-state index contributed by atoms with van der Waals surface area (Å²) in [5.41, 5.74) is 0.804. The molecule has 0 heterocycles. The molecule has 1 unspecified atom stereocenters. The number of hydrogen-bond donors (Lipinski definition) is 1. The van der Waals surface area contributed by atoms with Crippen LogP contribution in [0.4, 0.5) is 0 Å². The summed E-state index contributed by atoms with van der Waals surface area (Å²) in [5, 5.41) is 9.23. The summed E-state index contributed by atoms with van der Waals surface area (Å²) in [7, 11) is 0. The van der Waals surface area contributed by atoms with E-state index in [9.17, 15) is 19.5 Å². The first-order valence-electron chi connectivity index (χ1n) is 14.1. The lowest BCUT2D eigenvalue weighted by Crippen LogP contribution is -2.58. The molecule has 1 aromatic rings. The first-order chi connectivity index (χ1) is 17.1. The Hall–Kier alpha value is -2.17. The highest BCUT2D eigenvalue weighted by molar-refractivity contribution is 5.89. The van der Waals surface area contributed by atoms with Crippen LogP contribution in [0.3, 0.4) is 0 Å². The van der Waals surface area contributed by atoms with Crippen LogP contribution < -0.4 is 0 Å². The molecule has 0 aromatic heterocycles. The number of ketones is 1. The van der Waals surface area contributed by atoms with E-state index in [1.54, 1.807) is 12.1 Å². The number of carbonyl (C=O) groups excluding carboxylic acids is 2. The fraction of sp³-hybridized carbons (Fsp3) is 0.710. The predicted molar refractivity (Wildman–Crippen MR) is 137 cm³/mol. The summed E-state index contributed by atoms with van der Waals surface area (Å²) in [6.07, 6.45) is 8.40. The van der Waals surface area contributed by atoms with Crippen molar-refractivity contribution in [2.75, 3.05) is 0 Å². The largest absolute Gasteiger partial charge is 0.481 e. The molecule has 36 heavy (non-hydrogen) atoms. The van der Waals surface area contributed by atoms with E-state index in [2.05, 4.69) is 20.8 Å². The van der Waals surface area contributed by atoms with E-state index in [0.29, 0.717) is 53.8 Å². The third-order valence-electron chi connectivity index (χ3n) is 11.3. The van der Waals surface area contributed by atoms with Gasteiger partial charge in [-0.25, -0.2) is 4.79 Å². The topological polar surface area (TPSA) is 80.7 Å². The molecule has 1 N–H and O–H groups in total. The zero-order valence-electron chi connectivity index (χ0n) is 22.1. The van der Waals surface area contributed by atoms with Crippen LogP contribution in [-0.4, -0.2) is 28.9 Å². The Kier molecular flexibility index (Phi) is 6.80. The van der Waals surface area contributed by atoms with E-state index < -0.39 is 5.97 Å². The normalized spacial score (nSPS) is 40.5. The van der Waals surface area contributed by atoms with Crippen LogP contribution in [0.5, 0.6) is 0 Å². The van der Waals surface area contributed by atoms with Gasteiger partial charge in [0, 0.05) is 25.2 Å². The molecule has 0 bridgehead atoms. The summed E-state index contributed by atoms with van der Waals surface area (Å²) in [5.74, 6) is 2.01. The van der Waals surface area contributed by atoms with Crippen LogP contribution >= 0.6 is 0 Å². The number of hydrogen-bond acceptors (Lipinski definition) is 4. The zero-order valence-corrected chi connectivity index (χ0v) is 22.1. The van der Waals surface area contributed by atoms with Crippen LogP contribution in [0, 0.1) is 46.3 Å². The quantitative estimate of drug-likeness (QED) is 0.454. The Balaban J connectivity index is 1.41. The average Bonchev–Trinajstić information content (AvgIpc) is 3.21. The maximum absolute atomic E-state index is 13.1. The second-order valence-electron chi connectivity index (χ2n) is 12.9. The van der Waals surface area contributed by atoms with E-state index in [1.165, 1.54) is 19.3 Å². The number of aliphatic carboxylic acids is 1. The van der Waals surface area contributed by atoms with Gasteiger partial charge in [0.1, 0.15) is 11.9 Å². The molecule has 4 saturated carbocycles. The summed E-state index contributed by atoms with van der Waals surface area (Å²) < 4.78 is 6.27. The fourth-order valence-electron chi connectivity index (χ4n) is 9.50. The molecule has 4 aliphatic carbocycles. The monoisotopic (exact) mass is 494 g/mol. The second-order valence-corrected chi connectivity index (χ2v) is 12.9. The standard InChI is InChI=1S/C31H42O5/c1-19(9-12-28(33)34)23-10-11-24-22-18-27(36-29(35)20-7-5-4-6-8-20)26-17-21(32)13-15-31(26,3)25(22)14-16-30(23,24)2/h4-8,19,22-27H,9-18H2,1-3H3,(H,33,34)/t19-,22+,23-,24+,25+,26?,27+,30-,31-/m1/s1. The van der Waals surface area contributed by atoms with Crippen molar-refractivity contribution < 1.29 is 24.2 Å². The highest BCUT2D eigenvalue weighted by Gasteiger charge is 2.63. The van der Waals surface area contributed by atoms with Crippen LogP contribution in [0.25, 0.3) is 0 Å². The third kappa shape index (κ3) is 4.31. The average molecular weight is 495 g/mol. The van der Waals surface area contributed by atoms with Gasteiger partial charge in [0.05, 0.1) is 5.56 Å². The minimum Gasteiger partial charge on any atom is -0.481 e. The van der Waals surface area contributed by atoms with Crippen LogP contribution in [0.2, 0.25) is 0 Å². The SMILES string of the molecule is C[C@H](CCC(=O)O)[C@H]1CC[C@H]2[C@@H]3C[C@H](OC(=O)c4ccccc4)C4CC(=O)CC[C@]4(C)[C@H]3CC[C@]12C. The molecule has 0 radical (unpaired) electrons. The third-order valence-corrected chi connectivity index (χ3v) is 11.3. The Labute approximate surface area is 215 Å². The van der Waals surface area contributed by atoms with Crippen molar-refractivity contribution in [3.63, 3.8) is 0 Å². The molecule has 1 aromatic carbocycles. The Bertz CT molecular complexity index is 1000. The Morgan fingerprint density at radius 1 is 1.03 bits per heavy atom. The maximum Gasteiger partial charge on any atom is 0.338 e. The maximum atomic E-state index is 13.1. The number of carboxylic acids is 1. The molecule has 5 heteroatoms. The van der Waals surface area contributed by atoms with Gasteiger partial charge in [-0.15, -0.1) is 0 Å². The highest BCUT2D eigenvalue weighted by Crippen LogP contribution is 2.68. The van der Waals surface area contributed by atoms with Crippen LogP contribution in [-0.2, 0) is 14.3 Å². The van der Waals surface area contributed by atoms with Gasteiger partial charge in [0.15, 0.2) is 0 Å². The number of carboxylic acid groups (broad SMARTS) is 1. The van der Waals surface area contributed by atoms with E-state index >= 15 is 0 Å². The first kappa shape index (κ1) is 25.5. The summed E-state index contributed by atoms with van der Waals surface area (Å²) in [6, 6.07) is 9.22.